The van der Waals surface area contributed by atoms with Crippen molar-refractivity contribution in [2.75, 3.05) is 0 Å². The first-order valence-electron chi connectivity index (χ1n) is 8.14. The van der Waals surface area contributed by atoms with Gasteiger partial charge in [-0.3, -0.25) is 4.79 Å². The number of hydrogen-bond acceptors (Lipinski definition) is 2. The minimum absolute atomic E-state index is 0.00141. The van der Waals surface area contributed by atoms with E-state index in [0.29, 0.717) is 16.8 Å². The topological polar surface area (TPSA) is 42.0 Å². The first-order valence-corrected chi connectivity index (χ1v) is 8.14. The van der Waals surface area contributed by atoms with E-state index in [0.717, 1.165) is 23.1 Å². The maximum Gasteiger partial charge on any atom is 0.416 e. The van der Waals surface area contributed by atoms with E-state index in [2.05, 4.69) is 10.3 Å². The van der Waals surface area contributed by atoms with E-state index in [1.54, 1.807) is 24.3 Å². The summed E-state index contributed by atoms with van der Waals surface area (Å²) in [6.07, 6.45) is -4.36. The van der Waals surface area contributed by atoms with Gasteiger partial charge in [0.1, 0.15) is 5.69 Å². The zero-order valence-corrected chi connectivity index (χ0v) is 14.3. The molecular formula is C20H17F3N2O. The van der Waals surface area contributed by atoms with Crippen LogP contribution in [0, 0.1) is 0 Å². The summed E-state index contributed by atoms with van der Waals surface area (Å²) in [7, 11) is 0. The van der Waals surface area contributed by atoms with E-state index < -0.39 is 11.7 Å². The summed E-state index contributed by atoms with van der Waals surface area (Å²) in [5, 5.41) is 3.55. The van der Waals surface area contributed by atoms with Crippen LogP contribution in [0.3, 0.4) is 0 Å². The number of nitrogens with zero attached hydrogens (tertiary/aromatic N) is 1. The molecule has 26 heavy (non-hydrogen) atoms. The molecule has 3 aromatic rings. The molecule has 6 heteroatoms. The van der Waals surface area contributed by atoms with E-state index in [4.69, 9.17) is 0 Å². The second-order valence-electron chi connectivity index (χ2n) is 6.27. The third kappa shape index (κ3) is 3.69. The van der Waals surface area contributed by atoms with Crippen molar-refractivity contribution in [1.29, 1.82) is 0 Å². The van der Waals surface area contributed by atoms with Gasteiger partial charge in [-0.15, -0.1) is 0 Å². The highest BCUT2D eigenvalue weighted by Gasteiger charge is 2.30. The molecule has 0 saturated heterocycles. The second kappa shape index (κ2) is 6.78. The number of amides is 1. The lowest BCUT2D eigenvalue weighted by Gasteiger charge is -2.11. The molecule has 1 aromatic heterocycles. The molecule has 0 aliphatic rings. The van der Waals surface area contributed by atoms with E-state index in [9.17, 15) is 18.0 Å². The molecule has 3 nitrogen and oxygen atoms in total. The van der Waals surface area contributed by atoms with Crippen molar-refractivity contribution in [2.45, 2.75) is 26.1 Å². The van der Waals surface area contributed by atoms with Crippen molar-refractivity contribution in [1.82, 2.24) is 10.3 Å². The normalized spacial score (nSPS) is 11.8. The van der Waals surface area contributed by atoms with Gasteiger partial charge < -0.3 is 5.32 Å². The van der Waals surface area contributed by atoms with Gasteiger partial charge in [0.25, 0.3) is 5.91 Å². The van der Waals surface area contributed by atoms with Gasteiger partial charge in [0.2, 0.25) is 0 Å². The monoisotopic (exact) mass is 358 g/mol. The molecule has 134 valence electrons. The molecule has 0 aliphatic heterocycles. The van der Waals surface area contributed by atoms with Gasteiger partial charge in [-0.05, 0) is 55.3 Å². The zero-order valence-electron chi connectivity index (χ0n) is 14.3. The molecule has 1 N–H and O–H groups in total. The molecule has 0 fully saturated rings. The van der Waals surface area contributed by atoms with Gasteiger partial charge in [-0.25, -0.2) is 4.98 Å². The standard InChI is InChI=1S/C20H17F3N2O/c1-12(2)24-19(26)18-11-10-16-15(4-3-5-17(16)25-18)13-6-8-14(9-7-13)20(21,22)23/h3-12H,1-2H3,(H,24,26). The third-order valence-corrected chi connectivity index (χ3v) is 3.91. The van der Waals surface area contributed by atoms with Gasteiger partial charge in [0.15, 0.2) is 0 Å². The summed E-state index contributed by atoms with van der Waals surface area (Å²) >= 11 is 0. The number of alkyl halides is 3. The summed E-state index contributed by atoms with van der Waals surface area (Å²) in [6.45, 7) is 3.73. The van der Waals surface area contributed by atoms with Crippen molar-refractivity contribution in [3.8, 4) is 11.1 Å². The number of pyridine rings is 1. The van der Waals surface area contributed by atoms with Gasteiger partial charge in [0, 0.05) is 11.4 Å². The van der Waals surface area contributed by atoms with Gasteiger partial charge in [-0.1, -0.05) is 24.3 Å². The molecule has 1 heterocycles. The molecule has 0 aliphatic carbocycles. The zero-order chi connectivity index (χ0) is 18.9. The summed E-state index contributed by atoms with van der Waals surface area (Å²) in [4.78, 5) is 16.5. The fourth-order valence-electron chi connectivity index (χ4n) is 2.71. The van der Waals surface area contributed by atoms with Crippen LogP contribution in [0.15, 0.2) is 54.6 Å². The van der Waals surface area contributed by atoms with E-state index in [1.807, 2.05) is 19.9 Å². The Balaban J connectivity index is 2.01. The van der Waals surface area contributed by atoms with Crippen LogP contribution < -0.4 is 5.32 Å². The Morgan fingerprint density at radius 3 is 2.31 bits per heavy atom. The maximum atomic E-state index is 12.7. The fourth-order valence-corrected chi connectivity index (χ4v) is 2.71. The van der Waals surface area contributed by atoms with Crippen LogP contribution >= 0.6 is 0 Å². The molecule has 0 unspecified atom stereocenters. The van der Waals surface area contributed by atoms with Crippen LogP contribution in [-0.4, -0.2) is 16.9 Å². The number of hydrogen-bond donors (Lipinski definition) is 1. The predicted octanol–water partition coefficient (Wildman–Crippen LogP) is 5.06. The van der Waals surface area contributed by atoms with Crippen molar-refractivity contribution in [3.05, 3.63) is 65.9 Å². The average molecular weight is 358 g/mol. The number of aromatic nitrogens is 1. The molecule has 2 aromatic carbocycles. The van der Waals surface area contributed by atoms with Crippen LogP contribution in [0.1, 0.15) is 29.9 Å². The van der Waals surface area contributed by atoms with Crippen molar-refractivity contribution in [2.24, 2.45) is 0 Å². The van der Waals surface area contributed by atoms with Gasteiger partial charge in [-0.2, -0.15) is 13.2 Å². The van der Waals surface area contributed by atoms with Gasteiger partial charge >= 0.3 is 6.18 Å². The summed E-state index contributed by atoms with van der Waals surface area (Å²) < 4.78 is 38.2. The number of carbonyl (C=O) groups is 1. The Bertz CT molecular complexity index is 947. The second-order valence-corrected chi connectivity index (χ2v) is 6.27. The quantitative estimate of drug-likeness (QED) is 0.711. The average Bonchev–Trinajstić information content (AvgIpc) is 2.59. The number of rotatable bonds is 3. The van der Waals surface area contributed by atoms with Crippen molar-refractivity contribution in [3.63, 3.8) is 0 Å². The minimum Gasteiger partial charge on any atom is -0.349 e. The van der Waals surface area contributed by atoms with Crippen LogP contribution in [0.2, 0.25) is 0 Å². The smallest absolute Gasteiger partial charge is 0.349 e. The van der Waals surface area contributed by atoms with Crippen molar-refractivity contribution >= 4 is 16.8 Å². The number of benzene rings is 2. The Hall–Kier alpha value is -2.89. The Morgan fingerprint density at radius 2 is 1.69 bits per heavy atom. The Labute approximate surface area is 148 Å². The molecule has 0 radical (unpaired) electrons. The summed E-state index contributed by atoms with van der Waals surface area (Å²) in [5.74, 6) is -0.262. The third-order valence-electron chi connectivity index (χ3n) is 3.91. The summed E-state index contributed by atoms with van der Waals surface area (Å²) in [5.41, 5.74) is 1.64. The number of carbonyl (C=O) groups excluding carboxylic acids is 1. The summed E-state index contributed by atoms with van der Waals surface area (Å²) in [6, 6.07) is 13.8. The molecule has 0 atom stereocenters. The highest BCUT2D eigenvalue weighted by atomic mass is 19.4. The van der Waals surface area contributed by atoms with Crippen LogP contribution in [0.25, 0.3) is 22.0 Å². The lowest BCUT2D eigenvalue weighted by atomic mass is 9.99. The molecule has 0 spiro atoms. The largest absolute Gasteiger partial charge is 0.416 e. The Morgan fingerprint density at radius 1 is 1.00 bits per heavy atom. The highest BCUT2D eigenvalue weighted by molar-refractivity contribution is 5.99. The molecular weight excluding hydrogens is 341 g/mol. The van der Waals surface area contributed by atoms with Crippen LogP contribution in [0.4, 0.5) is 13.2 Å². The van der Waals surface area contributed by atoms with E-state index in [1.165, 1.54) is 12.1 Å². The van der Waals surface area contributed by atoms with Crippen LogP contribution in [0.5, 0.6) is 0 Å². The maximum absolute atomic E-state index is 12.7. The minimum atomic E-state index is -4.36. The number of halogens is 3. The number of nitrogens with one attached hydrogen (secondary N) is 1. The van der Waals surface area contributed by atoms with Gasteiger partial charge in [0.05, 0.1) is 11.1 Å². The van der Waals surface area contributed by atoms with Crippen LogP contribution in [-0.2, 0) is 6.18 Å². The molecule has 1 amide bonds. The molecule has 0 saturated carbocycles. The number of fused-ring (bicyclic) bond motifs is 1. The highest BCUT2D eigenvalue weighted by Crippen LogP contribution is 2.33. The molecule has 3 rings (SSSR count). The van der Waals surface area contributed by atoms with E-state index >= 15 is 0 Å². The first kappa shape index (κ1) is 17.9. The first-order chi connectivity index (χ1) is 12.3. The Kier molecular flexibility index (Phi) is 4.68. The predicted molar refractivity (Wildman–Crippen MR) is 94.8 cm³/mol. The fraction of sp³-hybridized carbons (Fsp3) is 0.200. The van der Waals surface area contributed by atoms with E-state index in [-0.39, 0.29) is 11.9 Å². The molecule has 0 bridgehead atoms. The SMILES string of the molecule is CC(C)NC(=O)c1ccc2c(-c3ccc(C(F)(F)F)cc3)cccc2n1. The lowest BCUT2D eigenvalue weighted by molar-refractivity contribution is -0.137. The lowest BCUT2D eigenvalue weighted by Crippen LogP contribution is -2.30. The van der Waals surface area contributed by atoms with Crippen molar-refractivity contribution < 1.29 is 18.0 Å².